The molecule has 0 aromatic carbocycles. The number of carbonyl (C=O) groups excluding carboxylic acids is 5. The number of carboxylic acid groups (broad SMARTS) is 1. The number of hydrogen-bond acceptors (Lipinski definition) is 9. The minimum absolute atomic E-state index is 0.110. The number of aliphatic carboxylic acids is 1. The SMILES string of the molecule is C[C@@H](O)[C@H](NC(=O)CNC(=O)[C@H](CCC(=O)O)NC(=O)C(C)(C)NC(=O)[C@@H](N)Cc1cnc[nH]1)C(=O)F. The summed E-state index contributed by atoms with van der Waals surface area (Å²) in [4.78, 5) is 78.3. The maximum atomic E-state index is 12.9. The van der Waals surface area contributed by atoms with Gasteiger partial charge in [0.25, 0.3) is 0 Å². The summed E-state index contributed by atoms with van der Waals surface area (Å²) in [6.07, 6.45) is 0.583. The Morgan fingerprint density at radius 2 is 1.81 bits per heavy atom. The van der Waals surface area contributed by atoms with Crippen LogP contribution in [0.4, 0.5) is 4.39 Å². The minimum atomic E-state index is -1.99. The van der Waals surface area contributed by atoms with Crippen LogP contribution >= 0.6 is 0 Å². The smallest absolute Gasteiger partial charge is 0.326 e. The van der Waals surface area contributed by atoms with Crippen LogP contribution in [0.1, 0.15) is 39.3 Å². The van der Waals surface area contributed by atoms with E-state index in [2.05, 4.69) is 25.9 Å². The van der Waals surface area contributed by atoms with Gasteiger partial charge in [0.2, 0.25) is 23.6 Å². The molecule has 206 valence electrons. The number of aliphatic hydroxyl groups excluding tert-OH is 1. The van der Waals surface area contributed by atoms with Gasteiger partial charge in [-0.15, -0.1) is 0 Å². The first-order valence-electron chi connectivity index (χ1n) is 11.2. The molecule has 0 aliphatic rings. The zero-order valence-corrected chi connectivity index (χ0v) is 20.5. The van der Waals surface area contributed by atoms with Gasteiger partial charge in [-0.25, -0.2) is 4.98 Å². The standard InChI is InChI=1S/C21H32FN7O8/c1-10(30)16(17(22)34)28-14(31)8-25-19(36)13(4-5-15(32)33)27-20(37)21(2,3)29-18(35)12(23)6-11-7-24-9-26-11/h7,9-10,12-13,16,30H,4-6,8,23H2,1-3H3,(H,24,26)(H,25,36)(H,27,37)(H,28,31)(H,29,35)(H,32,33)/t10-,12+,13+,16+/m1/s1. The number of halogens is 1. The van der Waals surface area contributed by atoms with Crippen LogP contribution in [0.5, 0.6) is 0 Å². The number of aromatic amines is 1. The van der Waals surface area contributed by atoms with E-state index in [0.717, 1.165) is 6.92 Å². The van der Waals surface area contributed by atoms with Crippen LogP contribution in [0, 0.1) is 0 Å². The van der Waals surface area contributed by atoms with Crippen molar-refractivity contribution in [1.29, 1.82) is 0 Å². The van der Waals surface area contributed by atoms with E-state index < -0.39 is 78.4 Å². The number of H-pyrrole nitrogens is 1. The molecule has 0 bridgehead atoms. The predicted octanol–water partition coefficient (Wildman–Crippen LogP) is -3.00. The van der Waals surface area contributed by atoms with Crippen LogP contribution < -0.4 is 27.0 Å². The monoisotopic (exact) mass is 529 g/mol. The molecule has 4 atom stereocenters. The average Bonchev–Trinajstić information content (AvgIpc) is 3.30. The topological polar surface area (TPSA) is 246 Å². The number of hydrogen-bond donors (Lipinski definition) is 8. The molecule has 37 heavy (non-hydrogen) atoms. The van der Waals surface area contributed by atoms with Gasteiger partial charge in [0.1, 0.15) is 17.6 Å². The number of aromatic nitrogens is 2. The van der Waals surface area contributed by atoms with Crippen molar-refractivity contribution in [3.8, 4) is 0 Å². The summed E-state index contributed by atoms with van der Waals surface area (Å²) in [6.45, 7) is 2.99. The van der Waals surface area contributed by atoms with Crippen LogP contribution in [-0.2, 0) is 35.2 Å². The van der Waals surface area contributed by atoms with Gasteiger partial charge in [-0.2, -0.15) is 4.39 Å². The van der Waals surface area contributed by atoms with Crippen molar-refractivity contribution in [2.45, 2.75) is 69.8 Å². The second kappa shape index (κ2) is 14.0. The van der Waals surface area contributed by atoms with Gasteiger partial charge in [-0.3, -0.25) is 28.8 Å². The third-order valence-corrected chi connectivity index (χ3v) is 5.07. The fourth-order valence-corrected chi connectivity index (χ4v) is 2.94. The summed E-state index contributed by atoms with van der Waals surface area (Å²) in [7, 11) is 0. The number of carbonyl (C=O) groups is 6. The summed E-state index contributed by atoms with van der Waals surface area (Å²) in [5.74, 6) is -4.76. The van der Waals surface area contributed by atoms with Gasteiger partial charge < -0.3 is 42.2 Å². The molecule has 0 unspecified atom stereocenters. The first kappa shape index (κ1) is 31.1. The van der Waals surface area contributed by atoms with Gasteiger partial charge in [-0.05, 0) is 27.2 Å². The number of nitrogens with two attached hydrogens (primary N) is 1. The van der Waals surface area contributed by atoms with Crippen LogP contribution in [0.25, 0.3) is 0 Å². The van der Waals surface area contributed by atoms with Crippen LogP contribution in [-0.4, -0.2) is 92.1 Å². The van der Waals surface area contributed by atoms with E-state index in [0.29, 0.717) is 5.69 Å². The normalized spacial score (nSPS) is 14.4. The molecule has 0 radical (unpaired) electrons. The van der Waals surface area contributed by atoms with Gasteiger partial charge >= 0.3 is 12.0 Å². The highest BCUT2D eigenvalue weighted by Crippen LogP contribution is 2.07. The summed E-state index contributed by atoms with van der Waals surface area (Å²) in [6, 6.07) is -6.29. The number of rotatable bonds is 15. The van der Waals surface area contributed by atoms with Crippen molar-refractivity contribution in [3.63, 3.8) is 0 Å². The maximum absolute atomic E-state index is 12.9. The fourth-order valence-electron chi connectivity index (χ4n) is 2.94. The lowest BCUT2D eigenvalue weighted by Gasteiger charge is -2.29. The van der Waals surface area contributed by atoms with E-state index >= 15 is 0 Å². The molecule has 15 nitrogen and oxygen atoms in total. The van der Waals surface area contributed by atoms with E-state index in [1.807, 2.05) is 5.32 Å². The Labute approximate surface area is 211 Å². The first-order chi connectivity index (χ1) is 17.1. The van der Waals surface area contributed by atoms with Crippen molar-refractivity contribution < 1.29 is 43.4 Å². The molecule has 0 saturated carbocycles. The summed E-state index contributed by atoms with van der Waals surface area (Å²) in [5.41, 5.74) is 4.88. The number of carboxylic acids is 1. The molecule has 9 N–H and O–H groups in total. The molecule has 1 aromatic rings. The Hall–Kier alpha value is -3.92. The molecule has 1 rings (SSSR count). The van der Waals surface area contributed by atoms with Crippen LogP contribution in [0.15, 0.2) is 12.5 Å². The molecule has 4 amide bonds. The van der Waals surface area contributed by atoms with Gasteiger partial charge in [0.15, 0.2) is 0 Å². The highest BCUT2D eigenvalue weighted by molar-refractivity contribution is 5.96. The lowest BCUT2D eigenvalue weighted by molar-refractivity contribution is -0.138. The van der Waals surface area contributed by atoms with E-state index in [9.17, 15) is 38.3 Å². The van der Waals surface area contributed by atoms with Gasteiger partial charge in [-0.1, -0.05) is 0 Å². The Morgan fingerprint density at radius 1 is 1.16 bits per heavy atom. The zero-order chi connectivity index (χ0) is 28.3. The van der Waals surface area contributed by atoms with E-state index in [1.165, 1.54) is 26.4 Å². The van der Waals surface area contributed by atoms with Gasteiger partial charge in [0.05, 0.1) is 25.0 Å². The lowest BCUT2D eigenvalue weighted by Crippen LogP contribution is -2.61. The third-order valence-electron chi connectivity index (χ3n) is 5.07. The maximum Gasteiger partial charge on any atom is 0.326 e. The molecular formula is C21H32FN7O8. The van der Waals surface area contributed by atoms with Crippen LogP contribution in [0.2, 0.25) is 0 Å². The number of imidazole rings is 1. The molecule has 1 heterocycles. The third kappa shape index (κ3) is 10.7. The molecule has 16 heteroatoms. The fraction of sp³-hybridized carbons (Fsp3) is 0.571. The van der Waals surface area contributed by atoms with Crippen molar-refractivity contribution in [1.82, 2.24) is 31.2 Å². The Kier molecular flexibility index (Phi) is 11.8. The first-order valence-corrected chi connectivity index (χ1v) is 11.2. The van der Waals surface area contributed by atoms with Crippen molar-refractivity contribution in [2.24, 2.45) is 5.73 Å². The quantitative estimate of drug-likeness (QED) is 0.107. The van der Waals surface area contributed by atoms with Crippen molar-refractivity contribution in [2.75, 3.05) is 6.54 Å². The highest BCUT2D eigenvalue weighted by atomic mass is 19.1. The van der Waals surface area contributed by atoms with E-state index in [1.54, 1.807) is 0 Å². The number of nitrogens with zero attached hydrogens (tertiary/aromatic N) is 1. The molecule has 0 saturated heterocycles. The molecule has 0 spiro atoms. The van der Waals surface area contributed by atoms with Crippen molar-refractivity contribution in [3.05, 3.63) is 18.2 Å². The number of amides is 4. The molecule has 0 aliphatic heterocycles. The Balaban J connectivity index is 2.79. The summed E-state index contributed by atoms with van der Waals surface area (Å²) < 4.78 is 12.9. The second-order valence-electron chi connectivity index (χ2n) is 8.77. The molecule has 0 aliphatic carbocycles. The second-order valence-corrected chi connectivity index (χ2v) is 8.77. The summed E-state index contributed by atoms with van der Waals surface area (Å²) in [5, 5.41) is 27.1. The Morgan fingerprint density at radius 3 is 2.32 bits per heavy atom. The minimum Gasteiger partial charge on any atom is -0.481 e. The predicted molar refractivity (Wildman–Crippen MR) is 124 cm³/mol. The van der Waals surface area contributed by atoms with Gasteiger partial charge in [0, 0.05) is 24.7 Å². The molecule has 0 fully saturated rings. The number of aliphatic hydroxyl groups is 1. The number of nitrogens with one attached hydrogen (secondary N) is 5. The zero-order valence-electron chi connectivity index (χ0n) is 20.5. The largest absolute Gasteiger partial charge is 0.481 e. The van der Waals surface area contributed by atoms with Crippen molar-refractivity contribution >= 4 is 35.6 Å². The lowest BCUT2D eigenvalue weighted by atomic mass is 10.0. The highest BCUT2D eigenvalue weighted by Gasteiger charge is 2.34. The van der Waals surface area contributed by atoms with E-state index in [-0.39, 0.29) is 12.8 Å². The van der Waals surface area contributed by atoms with E-state index in [4.69, 9.17) is 10.8 Å². The molecule has 1 aromatic heterocycles. The van der Waals surface area contributed by atoms with Crippen LogP contribution in [0.3, 0.4) is 0 Å². The summed E-state index contributed by atoms with van der Waals surface area (Å²) >= 11 is 0. The average molecular weight is 530 g/mol. The molecular weight excluding hydrogens is 497 g/mol. The Bertz CT molecular complexity index is 984.